The molecule has 4 heteroatoms. The molecule has 0 aliphatic carbocycles. The summed E-state index contributed by atoms with van der Waals surface area (Å²) in [7, 11) is 0. The fraction of sp³-hybridized carbons (Fsp3) is 0. The number of aliphatic carboxylic acids is 1. The molecule has 0 bridgehead atoms. The number of carbonyl (C=O) groups is 1. The first-order chi connectivity index (χ1) is 8.16. The van der Waals surface area contributed by atoms with E-state index in [0.717, 1.165) is 15.8 Å². The van der Waals surface area contributed by atoms with E-state index in [1.807, 2.05) is 0 Å². The SMILES string of the molecule is O=C(O)C=Cc1ccc(-c2ccccc2F)s1. The lowest BCUT2D eigenvalue weighted by molar-refractivity contribution is -0.131. The van der Waals surface area contributed by atoms with E-state index in [2.05, 4.69) is 0 Å². The minimum Gasteiger partial charge on any atom is -0.478 e. The minimum absolute atomic E-state index is 0.275. The van der Waals surface area contributed by atoms with Crippen LogP contribution in [-0.4, -0.2) is 11.1 Å². The molecular weight excluding hydrogens is 239 g/mol. The molecule has 2 aromatic rings. The molecule has 0 amide bonds. The number of carboxylic acid groups (broad SMARTS) is 1. The largest absolute Gasteiger partial charge is 0.478 e. The van der Waals surface area contributed by atoms with Gasteiger partial charge in [-0.3, -0.25) is 0 Å². The van der Waals surface area contributed by atoms with Crippen LogP contribution in [0.5, 0.6) is 0 Å². The van der Waals surface area contributed by atoms with E-state index in [0.29, 0.717) is 5.56 Å². The standard InChI is InChI=1S/C13H9FO2S/c14-11-4-2-1-3-10(11)12-7-5-9(17-12)6-8-13(15)16/h1-8H,(H,15,16). The smallest absolute Gasteiger partial charge is 0.328 e. The predicted octanol–water partition coefficient (Wildman–Crippen LogP) is 3.65. The Labute approximate surface area is 102 Å². The second-order valence-electron chi connectivity index (χ2n) is 3.35. The Morgan fingerprint density at radius 2 is 2.00 bits per heavy atom. The summed E-state index contributed by atoms with van der Waals surface area (Å²) in [6.07, 6.45) is 2.56. The van der Waals surface area contributed by atoms with Gasteiger partial charge in [-0.15, -0.1) is 11.3 Å². The Morgan fingerprint density at radius 3 is 2.71 bits per heavy atom. The molecule has 17 heavy (non-hydrogen) atoms. The van der Waals surface area contributed by atoms with Crippen LogP contribution >= 0.6 is 11.3 Å². The Morgan fingerprint density at radius 1 is 1.24 bits per heavy atom. The third kappa shape index (κ3) is 2.79. The number of rotatable bonds is 3. The third-order valence-corrected chi connectivity index (χ3v) is 3.24. The molecule has 0 atom stereocenters. The van der Waals surface area contributed by atoms with Crippen LogP contribution < -0.4 is 0 Å². The van der Waals surface area contributed by atoms with Crippen LogP contribution in [0.15, 0.2) is 42.5 Å². The lowest BCUT2D eigenvalue weighted by Crippen LogP contribution is -1.84. The highest BCUT2D eigenvalue weighted by Crippen LogP contribution is 2.30. The van der Waals surface area contributed by atoms with Gasteiger partial charge in [-0.25, -0.2) is 9.18 Å². The normalized spacial score (nSPS) is 10.9. The Bertz CT molecular complexity index is 572. The molecule has 0 aliphatic heterocycles. The van der Waals surface area contributed by atoms with E-state index < -0.39 is 5.97 Å². The Kier molecular flexibility index (Phi) is 3.35. The van der Waals surface area contributed by atoms with Crippen molar-refractivity contribution in [3.8, 4) is 10.4 Å². The molecule has 0 saturated carbocycles. The van der Waals surface area contributed by atoms with Crippen molar-refractivity contribution in [2.45, 2.75) is 0 Å². The van der Waals surface area contributed by atoms with Crippen LogP contribution in [0, 0.1) is 5.82 Å². The molecule has 86 valence electrons. The van der Waals surface area contributed by atoms with Gasteiger partial charge < -0.3 is 5.11 Å². The zero-order chi connectivity index (χ0) is 12.3. The highest BCUT2D eigenvalue weighted by molar-refractivity contribution is 7.16. The van der Waals surface area contributed by atoms with Crippen molar-refractivity contribution in [1.29, 1.82) is 0 Å². The van der Waals surface area contributed by atoms with Gasteiger partial charge in [0.2, 0.25) is 0 Å². The van der Waals surface area contributed by atoms with Gasteiger partial charge >= 0.3 is 5.97 Å². The zero-order valence-corrected chi connectivity index (χ0v) is 9.58. The second-order valence-corrected chi connectivity index (χ2v) is 4.47. The fourth-order valence-electron chi connectivity index (χ4n) is 1.40. The molecule has 1 aromatic heterocycles. The van der Waals surface area contributed by atoms with Gasteiger partial charge in [0.1, 0.15) is 5.82 Å². The lowest BCUT2D eigenvalue weighted by atomic mass is 10.2. The van der Waals surface area contributed by atoms with E-state index in [9.17, 15) is 9.18 Å². The van der Waals surface area contributed by atoms with Gasteiger partial charge in [0.05, 0.1) is 0 Å². The number of carboxylic acids is 1. The molecule has 0 spiro atoms. The number of thiophene rings is 1. The Hall–Kier alpha value is -1.94. The first-order valence-electron chi connectivity index (χ1n) is 4.92. The number of hydrogen-bond donors (Lipinski definition) is 1. The van der Waals surface area contributed by atoms with Crippen molar-refractivity contribution in [3.05, 3.63) is 53.2 Å². The fourth-order valence-corrected chi connectivity index (χ4v) is 2.34. The second kappa shape index (κ2) is 4.93. The average molecular weight is 248 g/mol. The van der Waals surface area contributed by atoms with Crippen LogP contribution in [0.2, 0.25) is 0 Å². The van der Waals surface area contributed by atoms with Crippen LogP contribution in [0.1, 0.15) is 4.88 Å². The summed E-state index contributed by atoms with van der Waals surface area (Å²) >= 11 is 1.35. The summed E-state index contributed by atoms with van der Waals surface area (Å²) in [5.74, 6) is -1.27. The van der Waals surface area contributed by atoms with Crippen molar-refractivity contribution in [2.75, 3.05) is 0 Å². The monoisotopic (exact) mass is 248 g/mol. The van der Waals surface area contributed by atoms with Gasteiger partial charge in [0, 0.05) is 21.4 Å². The quantitative estimate of drug-likeness (QED) is 0.842. The molecular formula is C13H9FO2S. The summed E-state index contributed by atoms with van der Waals surface area (Å²) in [5, 5.41) is 8.50. The molecule has 2 nitrogen and oxygen atoms in total. The van der Waals surface area contributed by atoms with Crippen molar-refractivity contribution in [3.63, 3.8) is 0 Å². The number of hydrogen-bond acceptors (Lipinski definition) is 2. The molecule has 0 radical (unpaired) electrons. The molecule has 0 aliphatic rings. The predicted molar refractivity (Wildman–Crippen MR) is 66.4 cm³/mol. The Balaban J connectivity index is 2.30. The summed E-state index contributed by atoms with van der Waals surface area (Å²) < 4.78 is 13.5. The summed E-state index contributed by atoms with van der Waals surface area (Å²) in [5.41, 5.74) is 0.535. The maximum atomic E-state index is 13.5. The summed E-state index contributed by atoms with van der Waals surface area (Å²) in [4.78, 5) is 11.9. The molecule has 0 fully saturated rings. The number of benzene rings is 1. The summed E-state index contributed by atoms with van der Waals surface area (Å²) in [6.45, 7) is 0. The zero-order valence-electron chi connectivity index (χ0n) is 8.76. The van der Waals surface area contributed by atoms with E-state index in [-0.39, 0.29) is 5.82 Å². The molecule has 1 heterocycles. The highest BCUT2D eigenvalue weighted by atomic mass is 32.1. The van der Waals surface area contributed by atoms with Crippen LogP contribution in [0.3, 0.4) is 0 Å². The summed E-state index contributed by atoms with van der Waals surface area (Å²) in [6, 6.07) is 10.1. The first kappa shape index (κ1) is 11.5. The highest BCUT2D eigenvalue weighted by Gasteiger charge is 2.06. The molecule has 2 rings (SSSR count). The topological polar surface area (TPSA) is 37.3 Å². The number of halogens is 1. The minimum atomic E-state index is -0.995. The van der Waals surface area contributed by atoms with E-state index in [4.69, 9.17) is 5.11 Å². The maximum Gasteiger partial charge on any atom is 0.328 e. The van der Waals surface area contributed by atoms with E-state index in [1.165, 1.54) is 23.5 Å². The van der Waals surface area contributed by atoms with Crippen molar-refractivity contribution in [2.24, 2.45) is 0 Å². The van der Waals surface area contributed by atoms with Crippen LogP contribution in [-0.2, 0) is 4.79 Å². The van der Waals surface area contributed by atoms with Gasteiger partial charge in [-0.05, 0) is 24.3 Å². The van der Waals surface area contributed by atoms with Gasteiger partial charge in [-0.1, -0.05) is 18.2 Å². The van der Waals surface area contributed by atoms with Crippen LogP contribution in [0.25, 0.3) is 16.5 Å². The van der Waals surface area contributed by atoms with E-state index >= 15 is 0 Å². The van der Waals surface area contributed by atoms with Crippen molar-refractivity contribution >= 4 is 23.4 Å². The van der Waals surface area contributed by atoms with Crippen LogP contribution in [0.4, 0.5) is 4.39 Å². The van der Waals surface area contributed by atoms with Gasteiger partial charge in [-0.2, -0.15) is 0 Å². The molecule has 1 aromatic carbocycles. The first-order valence-corrected chi connectivity index (χ1v) is 5.74. The third-order valence-electron chi connectivity index (χ3n) is 2.16. The molecule has 1 N–H and O–H groups in total. The van der Waals surface area contributed by atoms with Crippen molar-refractivity contribution < 1.29 is 14.3 Å². The van der Waals surface area contributed by atoms with Crippen molar-refractivity contribution in [1.82, 2.24) is 0 Å². The average Bonchev–Trinajstić information content (AvgIpc) is 2.75. The molecule has 0 saturated heterocycles. The maximum absolute atomic E-state index is 13.5. The van der Waals surface area contributed by atoms with Gasteiger partial charge in [0.15, 0.2) is 0 Å². The van der Waals surface area contributed by atoms with Gasteiger partial charge in [0.25, 0.3) is 0 Å². The lowest BCUT2D eigenvalue weighted by Gasteiger charge is -1.97. The molecule has 0 unspecified atom stereocenters. The van der Waals surface area contributed by atoms with E-state index in [1.54, 1.807) is 30.3 Å².